The summed E-state index contributed by atoms with van der Waals surface area (Å²) in [6.45, 7) is 3.29. The molecule has 9 unspecified atom stereocenters. The molecule has 1 aliphatic heterocycles. The fraction of sp³-hybridized carbons (Fsp3) is 0.921. The molecule has 1 amide bonds. The van der Waals surface area contributed by atoms with Gasteiger partial charge in [0, 0.05) is 0 Å². The molecule has 0 radical (unpaired) electrons. The first-order valence-corrected chi connectivity index (χ1v) is 19.6. The van der Waals surface area contributed by atoms with E-state index < -0.39 is 74.2 Å². The number of aliphatic hydroxyl groups excluding tert-OH is 7. The van der Waals surface area contributed by atoms with Crippen molar-refractivity contribution in [2.45, 2.75) is 210 Å². The summed E-state index contributed by atoms with van der Waals surface area (Å²) in [6.07, 6.45) is 16.1. The van der Waals surface area contributed by atoms with Crippen molar-refractivity contribution in [2.24, 2.45) is 0 Å². The summed E-state index contributed by atoms with van der Waals surface area (Å²) in [5, 5.41) is 74.7. The zero-order chi connectivity index (χ0) is 36.3. The zero-order valence-corrected chi connectivity index (χ0v) is 30.7. The van der Waals surface area contributed by atoms with Gasteiger partial charge in [0.2, 0.25) is 5.91 Å². The number of allylic oxidation sites excluding steroid dienone is 2. The predicted molar refractivity (Wildman–Crippen MR) is 192 cm³/mol. The van der Waals surface area contributed by atoms with E-state index in [0.29, 0.717) is 19.3 Å². The maximum Gasteiger partial charge on any atom is 0.249 e. The molecule has 0 aliphatic carbocycles. The normalized spacial score (nSPS) is 23.8. The summed E-state index contributed by atoms with van der Waals surface area (Å²) in [5.41, 5.74) is 0. The highest BCUT2D eigenvalue weighted by Crippen LogP contribution is 2.23. The number of hydrogen-bond acceptors (Lipinski definition) is 10. The van der Waals surface area contributed by atoms with Crippen molar-refractivity contribution < 1.29 is 50.0 Å². The van der Waals surface area contributed by atoms with Gasteiger partial charge in [0.1, 0.15) is 36.6 Å². The molecule has 0 aromatic heterocycles. The number of hydrogen-bond donors (Lipinski definition) is 8. The molecule has 290 valence electrons. The molecule has 1 saturated heterocycles. The highest BCUT2D eigenvalue weighted by molar-refractivity contribution is 5.80. The molecule has 11 nitrogen and oxygen atoms in total. The molecule has 0 saturated carbocycles. The number of ether oxygens (including phenoxy) is 2. The van der Waals surface area contributed by atoms with Gasteiger partial charge in [-0.05, 0) is 38.5 Å². The van der Waals surface area contributed by atoms with Crippen LogP contribution in [0.2, 0.25) is 0 Å². The lowest BCUT2D eigenvalue weighted by Gasteiger charge is -2.40. The third-order valence-corrected chi connectivity index (χ3v) is 9.57. The van der Waals surface area contributed by atoms with Gasteiger partial charge in [-0.15, -0.1) is 0 Å². The Bertz CT molecular complexity index is 815. The van der Waals surface area contributed by atoms with Crippen molar-refractivity contribution in [1.29, 1.82) is 0 Å². The fourth-order valence-corrected chi connectivity index (χ4v) is 6.20. The summed E-state index contributed by atoms with van der Waals surface area (Å²) in [7, 11) is 0. The summed E-state index contributed by atoms with van der Waals surface area (Å²) in [5.74, 6) is -0.712. The first-order chi connectivity index (χ1) is 23.7. The van der Waals surface area contributed by atoms with Crippen molar-refractivity contribution in [3.63, 3.8) is 0 Å². The monoisotopic (exact) mass is 704 g/mol. The smallest absolute Gasteiger partial charge is 0.249 e. The van der Waals surface area contributed by atoms with Crippen molar-refractivity contribution in [3.8, 4) is 0 Å². The second-order valence-electron chi connectivity index (χ2n) is 14.0. The molecule has 8 N–H and O–H groups in total. The third kappa shape index (κ3) is 20.5. The highest BCUT2D eigenvalue weighted by atomic mass is 16.7. The Morgan fingerprint density at radius 2 is 1.18 bits per heavy atom. The SMILES string of the molecule is CCCCCCCCCCC/C=C\CCCCCCC(O)C(=O)NC(COC1OC(CO)C(O)C(O)C1O)C(O)C(O)CCCCCCC. The van der Waals surface area contributed by atoms with Crippen LogP contribution in [0.5, 0.6) is 0 Å². The number of carbonyl (C=O) groups excluding carboxylic acids is 1. The summed E-state index contributed by atoms with van der Waals surface area (Å²) < 4.78 is 11.0. The Balaban J connectivity index is 2.44. The molecule has 1 rings (SSSR count). The number of unbranched alkanes of at least 4 members (excludes halogenated alkanes) is 17. The number of rotatable bonds is 31. The lowest BCUT2D eigenvalue weighted by Crippen LogP contribution is -2.60. The minimum absolute atomic E-state index is 0.247. The molecule has 0 bridgehead atoms. The van der Waals surface area contributed by atoms with Crippen LogP contribution in [0.15, 0.2) is 12.2 Å². The number of amides is 1. The van der Waals surface area contributed by atoms with Gasteiger partial charge in [-0.1, -0.05) is 129 Å². The van der Waals surface area contributed by atoms with Crippen molar-refractivity contribution >= 4 is 5.91 Å². The maximum absolute atomic E-state index is 12.9. The lowest BCUT2D eigenvalue weighted by atomic mass is 9.98. The second-order valence-corrected chi connectivity index (χ2v) is 14.0. The van der Waals surface area contributed by atoms with Crippen LogP contribution in [0.1, 0.15) is 155 Å². The minimum atomic E-state index is -1.66. The van der Waals surface area contributed by atoms with Crippen molar-refractivity contribution in [2.75, 3.05) is 13.2 Å². The predicted octanol–water partition coefficient (Wildman–Crippen LogP) is 4.55. The maximum atomic E-state index is 12.9. The molecular formula is C38H73NO10. The molecule has 1 aliphatic rings. The lowest BCUT2D eigenvalue weighted by molar-refractivity contribution is -0.303. The molecule has 0 spiro atoms. The minimum Gasteiger partial charge on any atom is -0.394 e. The Kier molecular flexibility index (Phi) is 27.6. The molecule has 1 heterocycles. The molecular weight excluding hydrogens is 630 g/mol. The largest absolute Gasteiger partial charge is 0.394 e. The van der Waals surface area contributed by atoms with E-state index in [2.05, 4.69) is 31.3 Å². The van der Waals surface area contributed by atoms with Crippen molar-refractivity contribution in [1.82, 2.24) is 5.32 Å². The average Bonchev–Trinajstić information content (AvgIpc) is 3.10. The van der Waals surface area contributed by atoms with Gasteiger partial charge < -0.3 is 50.5 Å². The molecule has 49 heavy (non-hydrogen) atoms. The van der Waals surface area contributed by atoms with Crippen LogP contribution < -0.4 is 5.32 Å². The van der Waals surface area contributed by atoms with Gasteiger partial charge in [-0.3, -0.25) is 4.79 Å². The Morgan fingerprint density at radius 1 is 0.694 bits per heavy atom. The Hall–Kier alpha value is -1.15. The molecule has 0 aromatic rings. The van der Waals surface area contributed by atoms with E-state index in [0.717, 1.165) is 57.8 Å². The number of carbonyl (C=O) groups is 1. The first-order valence-electron chi connectivity index (χ1n) is 19.6. The summed E-state index contributed by atoms with van der Waals surface area (Å²) in [6, 6.07) is -1.16. The van der Waals surface area contributed by atoms with E-state index in [1.807, 2.05) is 0 Å². The molecule has 0 aromatic carbocycles. The fourth-order valence-electron chi connectivity index (χ4n) is 6.20. The van der Waals surface area contributed by atoms with Crippen LogP contribution in [-0.2, 0) is 14.3 Å². The van der Waals surface area contributed by atoms with E-state index in [4.69, 9.17) is 9.47 Å². The van der Waals surface area contributed by atoms with Crippen LogP contribution in [0, 0.1) is 0 Å². The molecule has 11 heteroatoms. The van der Waals surface area contributed by atoms with E-state index in [-0.39, 0.29) is 6.42 Å². The standard InChI is InChI=1S/C38H73NO10/c1-3-5-7-9-10-11-12-13-14-15-16-17-18-19-20-22-24-26-31(42)37(47)39-29(33(43)30(41)25-23-21-8-6-4-2)28-48-38-36(46)35(45)34(44)32(27-40)49-38/h16-17,29-36,38,40-46H,3-15,18-28H2,1-2H3,(H,39,47)/b17-16-. The summed E-state index contributed by atoms with van der Waals surface area (Å²) >= 11 is 0. The first kappa shape index (κ1) is 45.9. The van der Waals surface area contributed by atoms with Crippen LogP contribution in [0.3, 0.4) is 0 Å². The quantitative estimate of drug-likeness (QED) is 0.0376. The third-order valence-electron chi connectivity index (χ3n) is 9.57. The van der Waals surface area contributed by atoms with Gasteiger partial charge in [-0.25, -0.2) is 0 Å². The van der Waals surface area contributed by atoms with E-state index in [9.17, 15) is 40.5 Å². The number of nitrogens with one attached hydrogen (secondary N) is 1. The van der Waals surface area contributed by atoms with E-state index >= 15 is 0 Å². The van der Waals surface area contributed by atoms with Crippen molar-refractivity contribution in [3.05, 3.63) is 12.2 Å². The van der Waals surface area contributed by atoms with E-state index in [1.165, 1.54) is 57.8 Å². The van der Waals surface area contributed by atoms with E-state index in [1.54, 1.807) is 0 Å². The van der Waals surface area contributed by atoms with Crippen LogP contribution in [-0.4, -0.2) is 110 Å². The Labute approximate surface area is 296 Å². The van der Waals surface area contributed by atoms with Crippen LogP contribution >= 0.6 is 0 Å². The topological polar surface area (TPSA) is 189 Å². The van der Waals surface area contributed by atoms with Crippen LogP contribution in [0.25, 0.3) is 0 Å². The molecule has 1 fully saturated rings. The van der Waals surface area contributed by atoms with Gasteiger partial charge in [0.25, 0.3) is 0 Å². The van der Waals surface area contributed by atoms with Crippen LogP contribution in [0.4, 0.5) is 0 Å². The Morgan fingerprint density at radius 3 is 1.71 bits per heavy atom. The highest BCUT2D eigenvalue weighted by Gasteiger charge is 2.44. The van der Waals surface area contributed by atoms with Gasteiger partial charge >= 0.3 is 0 Å². The van der Waals surface area contributed by atoms with Gasteiger partial charge in [0.05, 0.1) is 25.4 Å². The average molecular weight is 704 g/mol. The summed E-state index contributed by atoms with van der Waals surface area (Å²) in [4.78, 5) is 12.9. The number of aliphatic hydroxyl groups is 7. The van der Waals surface area contributed by atoms with Gasteiger partial charge in [0.15, 0.2) is 6.29 Å². The van der Waals surface area contributed by atoms with Gasteiger partial charge in [-0.2, -0.15) is 0 Å². The zero-order valence-electron chi connectivity index (χ0n) is 30.7. The second kappa shape index (κ2) is 29.4. The molecule has 9 atom stereocenters.